The van der Waals surface area contributed by atoms with Gasteiger partial charge in [0, 0.05) is 18.5 Å². The van der Waals surface area contributed by atoms with Gasteiger partial charge in [-0.25, -0.2) is 0 Å². The van der Waals surface area contributed by atoms with E-state index in [-0.39, 0.29) is 6.04 Å². The second-order valence-corrected chi connectivity index (χ2v) is 3.26. The van der Waals surface area contributed by atoms with Crippen molar-refractivity contribution in [2.45, 2.75) is 12.5 Å². The van der Waals surface area contributed by atoms with Crippen molar-refractivity contribution >= 4 is 0 Å². The zero-order valence-corrected chi connectivity index (χ0v) is 7.86. The Kier molecular flexibility index (Phi) is 2.66. The molecule has 14 heavy (non-hydrogen) atoms. The Morgan fingerprint density at radius 1 is 1.50 bits per heavy atom. The van der Waals surface area contributed by atoms with E-state index in [2.05, 4.69) is 17.5 Å². The van der Waals surface area contributed by atoms with E-state index in [9.17, 15) is 0 Å². The molecule has 2 rings (SSSR count). The fourth-order valence-corrected chi connectivity index (χ4v) is 1.63. The van der Waals surface area contributed by atoms with Crippen LogP contribution in [0.4, 0.5) is 0 Å². The van der Waals surface area contributed by atoms with E-state index in [0.717, 1.165) is 12.3 Å². The Hall–Kier alpha value is -1.53. The van der Waals surface area contributed by atoms with Crippen LogP contribution in [0.2, 0.25) is 0 Å². The predicted molar refractivity (Wildman–Crippen MR) is 52.9 cm³/mol. The van der Waals surface area contributed by atoms with Crippen LogP contribution in [0, 0.1) is 11.3 Å². The van der Waals surface area contributed by atoms with Gasteiger partial charge in [-0.1, -0.05) is 18.2 Å². The first-order chi connectivity index (χ1) is 6.92. The van der Waals surface area contributed by atoms with Gasteiger partial charge in [-0.15, -0.1) is 0 Å². The number of ether oxygens (including phenoxy) is 1. The highest BCUT2D eigenvalue weighted by Crippen LogP contribution is 2.31. The van der Waals surface area contributed by atoms with Crippen LogP contribution in [0.1, 0.15) is 18.0 Å². The lowest BCUT2D eigenvalue weighted by Gasteiger charge is -2.09. The Labute approximate surface area is 83.3 Å². The van der Waals surface area contributed by atoms with Crippen LogP contribution >= 0.6 is 0 Å². The van der Waals surface area contributed by atoms with Crippen molar-refractivity contribution < 1.29 is 4.74 Å². The first kappa shape index (κ1) is 9.04. The van der Waals surface area contributed by atoms with Crippen molar-refractivity contribution in [2.24, 2.45) is 0 Å². The zero-order valence-electron chi connectivity index (χ0n) is 7.86. The predicted octanol–water partition coefficient (Wildman–Crippen LogP) is 1.62. The van der Waals surface area contributed by atoms with Gasteiger partial charge in [0.25, 0.3) is 0 Å². The minimum Gasteiger partial charge on any atom is -0.491 e. The van der Waals surface area contributed by atoms with E-state index in [1.165, 1.54) is 5.56 Å². The Morgan fingerprint density at radius 3 is 3.21 bits per heavy atom. The van der Waals surface area contributed by atoms with E-state index in [4.69, 9.17) is 10.00 Å². The monoisotopic (exact) mass is 188 g/mol. The molecular formula is C11H12N2O. The van der Waals surface area contributed by atoms with E-state index in [1.54, 1.807) is 0 Å². The van der Waals surface area contributed by atoms with Gasteiger partial charge in [0.05, 0.1) is 12.1 Å². The average Bonchev–Trinajstić information content (AvgIpc) is 2.63. The van der Waals surface area contributed by atoms with Crippen LogP contribution in [0.15, 0.2) is 24.3 Å². The normalized spacial score (nSPS) is 18.4. The minimum absolute atomic E-state index is 0.250. The van der Waals surface area contributed by atoms with Crippen LogP contribution < -0.4 is 10.1 Å². The van der Waals surface area contributed by atoms with Crippen LogP contribution in [0.25, 0.3) is 0 Å². The van der Waals surface area contributed by atoms with Gasteiger partial charge in [-0.05, 0) is 6.07 Å². The van der Waals surface area contributed by atoms with Crippen LogP contribution in [0.3, 0.4) is 0 Å². The van der Waals surface area contributed by atoms with Crippen molar-refractivity contribution in [1.29, 1.82) is 5.26 Å². The quantitative estimate of drug-likeness (QED) is 0.733. The molecule has 0 amide bonds. The Balaban J connectivity index is 2.00. The molecule has 3 heteroatoms. The molecule has 0 saturated carbocycles. The first-order valence-corrected chi connectivity index (χ1v) is 4.74. The molecule has 72 valence electrons. The highest BCUT2D eigenvalue weighted by molar-refractivity contribution is 5.39. The number of para-hydroxylation sites is 1. The molecule has 1 aliphatic heterocycles. The number of hydrogen-bond acceptors (Lipinski definition) is 3. The molecule has 1 heterocycles. The van der Waals surface area contributed by atoms with Gasteiger partial charge >= 0.3 is 0 Å². The summed E-state index contributed by atoms with van der Waals surface area (Å²) < 4.78 is 5.50. The SMILES string of the molecule is N#CCCNC1COc2ccccc21. The molecule has 0 fully saturated rings. The van der Waals surface area contributed by atoms with E-state index in [1.807, 2.05) is 18.2 Å². The van der Waals surface area contributed by atoms with E-state index >= 15 is 0 Å². The van der Waals surface area contributed by atoms with Crippen molar-refractivity contribution in [1.82, 2.24) is 5.32 Å². The van der Waals surface area contributed by atoms with Crippen molar-refractivity contribution in [3.05, 3.63) is 29.8 Å². The molecule has 0 spiro atoms. The van der Waals surface area contributed by atoms with Crippen LogP contribution in [0.5, 0.6) is 5.75 Å². The summed E-state index contributed by atoms with van der Waals surface area (Å²) >= 11 is 0. The summed E-state index contributed by atoms with van der Waals surface area (Å²) in [6.45, 7) is 1.39. The molecule has 1 aromatic rings. The van der Waals surface area contributed by atoms with Gasteiger partial charge in [0.1, 0.15) is 12.4 Å². The number of hydrogen-bond donors (Lipinski definition) is 1. The molecule has 0 bridgehead atoms. The maximum absolute atomic E-state index is 8.41. The molecule has 0 aromatic heterocycles. The molecule has 1 aromatic carbocycles. The van der Waals surface area contributed by atoms with E-state index < -0.39 is 0 Å². The van der Waals surface area contributed by atoms with E-state index in [0.29, 0.717) is 13.0 Å². The van der Waals surface area contributed by atoms with Crippen molar-refractivity contribution in [2.75, 3.05) is 13.2 Å². The van der Waals surface area contributed by atoms with Crippen molar-refractivity contribution in [3.8, 4) is 11.8 Å². The van der Waals surface area contributed by atoms with Gasteiger partial charge in [0.15, 0.2) is 0 Å². The summed E-state index contributed by atoms with van der Waals surface area (Å²) in [6, 6.07) is 10.4. The first-order valence-electron chi connectivity index (χ1n) is 4.74. The molecule has 0 radical (unpaired) electrons. The maximum Gasteiger partial charge on any atom is 0.124 e. The summed E-state index contributed by atoms with van der Waals surface area (Å²) in [6.07, 6.45) is 0.540. The number of fused-ring (bicyclic) bond motifs is 1. The summed E-state index contributed by atoms with van der Waals surface area (Å²) in [7, 11) is 0. The fourth-order valence-electron chi connectivity index (χ4n) is 1.63. The third-order valence-electron chi connectivity index (χ3n) is 2.33. The highest BCUT2D eigenvalue weighted by Gasteiger charge is 2.22. The number of rotatable bonds is 3. The van der Waals surface area contributed by atoms with Crippen LogP contribution in [-0.4, -0.2) is 13.2 Å². The Morgan fingerprint density at radius 2 is 2.36 bits per heavy atom. The van der Waals surface area contributed by atoms with Gasteiger partial charge < -0.3 is 10.1 Å². The topological polar surface area (TPSA) is 45.0 Å². The molecule has 3 nitrogen and oxygen atoms in total. The van der Waals surface area contributed by atoms with Gasteiger partial charge in [0.2, 0.25) is 0 Å². The zero-order chi connectivity index (χ0) is 9.80. The fraction of sp³-hybridized carbons (Fsp3) is 0.364. The molecule has 0 aliphatic carbocycles. The Bertz CT molecular complexity index is 357. The molecule has 0 saturated heterocycles. The molecule has 1 N–H and O–H groups in total. The third kappa shape index (κ3) is 1.70. The van der Waals surface area contributed by atoms with Gasteiger partial charge in [-0.2, -0.15) is 5.26 Å². The molecular weight excluding hydrogens is 176 g/mol. The average molecular weight is 188 g/mol. The lowest BCUT2D eigenvalue weighted by Crippen LogP contribution is -2.23. The number of nitrogens with zero attached hydrogens (tertiary/aromatic N) is 1. The summed E-state index contributed by atoms with van der Waals surface area (Å²) in [5, 5.41) is 11.7. The summed E-state index contributed by atoms with van der Waals surface area (Å²) in [5.41, 5.74) is 1.20. The van der Waals surface area contributed by atoms with Gasteiger partial charge in [-0.3, -0.25) is 0 Å². The second kappa shape index (κ2) is 4.12. The minimum atomic E-state index is 0.250. The lowest BCUT2D eigenvalue weighted by atomic mass is 10.1. The largest absolute Gasteiger partial charge is 0.491 e. The lowest BCUT2D eigenvalue weighted by molar-refractivity contribution is 0.312. The smallest absolute Gasteiger partial charge is 0.124 e. The number of nitrogens with one attached hydrogen (secondary N) is 1. The highest BCUT2D eigenvalue weighted by atomic mass is 16.5. The van der Waals surface area contributed by atoms with Crippen LogP contribution in [-0.2, 0) is 0 Å². The molecule has 1 aliphatic rings. The van der Waals surface area contributed by atoms with Crippen molar-refractivity contribution in [3.63, 3.8) is 0 Å². The second-order valence-electron chi connectivity index (χ2n) is 3.26. The summed E-state index contributed by atoms with van der Waals surface area (Å²) in [5.74, 6) is 0.960. The molecule has 1 atom stereocenters. The number of benzene rings is 1. The number of nitriles is 1. The third-order valence-corrected chi connectivity index (χ3v) is 2.33. The standard InChI is InChI=1S/C11H12N2O/c12-6-3-7-13-10-8-14-11-5-2-1-4-9(10)11/h1-2,4-5,10,13H,3,7-8H2. The summed E-state index contributed by atoms with van der Waals surface area (Å²) in [4.78, 5) is 0. The maximum atomic E-state index is 8.41. The molecule has 1 unspecified atom stereocenters.